The first-order valence-electron chi connectivity index (χ1n) is 14.3. The number of thiophene rings is 3. The highest BCUT2D eigenvalue weighted by Gasteiger charge is 2.33. The van der Waals surface area contributed by atoms with Crippen LogP contribution in [0.1, 0.15) is 78.0 Å². The predicted molar refractivity (Wildman–Crippen MR) is 173 cm³/mol. The molecule has 4 heterocycles. The Balaban J connectivity index is 1.49. The van der Waals surface area contributed by atoms with E-state index in [1.807, 2.05) is 28.7 Å². The highest BCUT2D eigenvalue weighted by Crippen LogP contribution is 2.49. The van der Waals surface area contributed by atoms with Crippen molar-refractivity contribution in [3.8, 4) is 9.75 Å². The van der Waals surface area contributed by atoms with E-state index in [2.05, 4.69) is 79.4 Å². The first-order valence-corrected chi connectivity index (χ1v) is 16.7. The average Bonchev–Trinajstić information content (AvgIpc) is 3.67. The predicted octanol–water partition coefficient (Wildman–Crippen LogP) is 10.5. The van der Waals surface area contributed by atoms with E-state index in [4.69, 9.17) is 0 Å². The van der Waals surface area contributed by atoms with Gasteiger partial charge >= 0.3 is 0 Å². The van der Waals surface area contributed by atoms with Gasteiger partial charge in [-0.2, -0.15) is 0 Å². The molecule has 6 rings (SSSR count). The molecule has 0 amide bonds. The number of aryl methyl sites for hydroxylation is 1. The normalized spacial score (nSPS) is 16.3. The number of hydrogen-bond acceptors (Lipinski definition) is 5. The van der Waals surface area contributed by atoms with Gasteiger partial charge in [0.05, 0.1) is 10.9 Å². The lowest BCUT2D eigenvalue weighted by Gasteiger charge is -2.40. The summed E-state index contributed by atoms with van der Waals surface area (Å²) in [6.07, 6.45) is 18.7. The molecule has 1 aliphatic carbocycles. The van der Waals surface area contributed by atoms with Gasteiger partial charge in [0.25, 0.3) is 0 Å². The number of carbonyl (C=O) groups is 1. The second-order valence-electron chi connectivity index (χ2n) is 10.5. The minimum atomic E-state index is 0.277. The van der Waals surface area contributed by atoms with Gasteiger partial charge in [-0.15, -0.1) is 34.0 Å². The van der Waals surface area contributed by atoms with Crippen molar-refractivity contribution < 1.29 is 4.79 Å². The van der Waals surface area contributed by atoms with Crippen LogP contribution in [0, 0.1) is 0 Å². The zero-order valence-electron chi connectivity index (χ0n) is 22.7. The number of benzene rings is 1. The zero-order valence-corrected chi connectivity index (χ0v) is 25.2. The standard InChI is InChI=1S/C34H35NOS3/c1-3-5-7-8-13-23-19-29(32-21-31-30(38-32)20-24(22-36)37-31)39-34(23)33-25-14-9-11-16-27(25)35(18-6-4-2)28-17-12-10-15-26(28)33/h9-12,14-17,19-22,27H,3-8,13,18H2,1-2H3. The molecule has 2 aliphatic rings. The van der Waals surface area contributed by atoms with E-state index < -0.39 is 0 Å². The maximum absolute atomic E-state index is 11.3. The monoisotopic (exact) mass is 569 g/mol. The third kappa shape index (κ3) is 5.13. The van der Waals surface area contributed by atoms with Crippen molar-refractivity contribution in [2.24, 2.45) is 0 Å². The number of carbonyl (C=O) groups excluding carboxylic acids is 1. The largest absolute Gasteiger partial charge is 0.360 e. The molecular weight excluding hydrogens is 535 g/mol. The van der Waals surface area contributed by atoms with E-state index in [1.54, 1.807) is 11.3 Å². The summed E-state index contributed by atoms with van der Waals surface area (Å²) in [5.74, 6) is 0. The summed E-state index contributed by atoms with van der Waals surface area (Å²) >= 11 is 5.38. The lowest BCUT2D eigenvalue weighted by atomic mass is 9.83. The number of allylic oxidation sites excluding steroid dienone is 2. The summed E-state index contributed by atoms with van der Waals surface area (Å²) in [6.45, 7) is 5.63. The summed E-state index contributed by atoms with van der Waals surface area (Å²) in [6, 6.07) is 16.1. The number of fused-ring (bicyclic) bond motifs is 3. The van der Waals surface area contributed by atoms with Gasteiger partial charge in [0.1, 0.15) is 0 Å². The molecule has 1 aromatic carbocycles. The third-order valence-electron chi connectivity index (χ3n) is 7.78. The van der Waals surface area contributed by atoms with Crippen molar-refractivity contribution in [1.29, 1.82) is 0 Å². The van der Waals surface area contributed by atoms with Gasteiger partial charge in [-0.05, 0) is 54.7 Å². The Kier molecular flexibility index (Phi) is 8.01. The van der Waals surface area contributed by atoms with Crippen molar-refractivity contribution >= 4 is 61.0 Å². The molecule has 0 radical (unpaired) electrons. The van der Waals surface area contributed by atoms with Gasteiger partial charge in [-0.25, -0.2) is 0 Å². The lowest BCUT2D eigenvalue weighted by molar-refractivity contribution is 0.112. The van der Waals surface area contributed by atoms with E-state index in [9.17, 15) is 4.79 Å². The molecular formula is C34H35NOS3. The molecule has 0 saturated heterocycles. The molecule has 5 heteroatoms. The van der Waals surface area contributed by atoms with Crippen LogP contribution in [0.2, 0.25) is 0 Å². The van der Waals surface area contributed by atoms with Gasteiger partial charge in [0.15, 0.2) is 6.29 Å². The van der Waals surface area contributed by atoms with E-state index in [0.717, 1.165) is 24.1 Å². The van der Waals surface area contributed by atoms with Crippen molar-refractivity contribution in [3.05, 3.63) is 93.2 Å². The number of unbranched alkanes of at least 4 members (excludes halogenated alkanes) is 4. The minimum Gasteiger partial charge on any atom is -0.360 e. The molecule has 0 N–H and O–H groups in total. The van der Waals surface area contributed by atoms with Crippen LogP contribution in [0.15, 0.2) is 72.3 Å². The van der Waals surface area contributed by atoms with Gasteiger partial charge in [-0.1, -0.05) is 82.0 Å². The molecule has 0 saturated carbocycles. The third-order valence-corrected chi connectivity index (χ3v) is 11.4. The van der Waals surface area contributed by atoms with Gasteiger partial charge < -0.3 is 4.90 Å². The molecule has 1 atom stereocenters. The van der Waals surface area contributed by atoms with Crippen LogP contribution in [0.25, 0.3) is 24.7 Å². The Morgan fingerprint density at radius 3 is 2.51 bits per heavy atom. The topological polar surface area (TPSA) is 20.3 Å². The van der Waals surface area contributed by atoms with E-state index in [0.29, 0.717) is 0 Å². The zero-order chi connectivity index (χ0) is 26.8. The fourth-order valence-electron chi connectivity index (χ4n) is 5.84. The Bertz CT molecular complexity index is 1550. The highest BCUT2D eigenvalue weighted by molar-refractivity contribution is 7.31. The maximum Gasteiger partial charge on any atom is 0.160 e. The molecule has 0 fully saturated rings. The fraction of sp³-hybridized carbons (Fsp3) is 0.324. The maximum atomic E-state index is 11.3. The van der Waals surface area contributed by atoms with Crippen LogP contribution >= 0.6 is 34.0 Å². The van der Waals surface area contributed by atoms with Crippen LogP contribution in [0.5, 0.6) is 0 Å². The fourth-order valence-corrected chi connectivity index (χ4v) is 9.43. The number of hydrogen-bond donors (Lipinski definition) is 0. The van der Waals surface area contributed by atoms with Crippen molar-refractivity contribution in [2.75, 3.05) is 11.4 Å². The Morgan fingerprint density at radius 1 is 0.872 bits per heavy atom. The van der Waals surface area contributed by atoms with Crippen molar-refractivity contribution in [1.82, 2.24) is 0 Å². The second kappa shape index (κ2) is 11.8. The summed E-state index contributed by atoms with van der Waals surface area (Å²) in [5, 5.41) is 0. The van der Waals surface area contributed by atoms with Crippen LogP contribution in [0.4, 0.5) is 5.69 Å². The number of anilines is 1. The molecule has 3 aromatic heterocycles. The van der Waals surface area contributed by atoms with Crippen LogP contribution < -0.4 is 4.90 Å². The molecule has 1 unspecified atom stereocenters. The first kappa shape index (κ1) is 26.5. The molecule has 0 bridgehead atoms. The van der Waals surface area contributed by atoms with E-state index >= 15 is 0 Å². The average molecular weight is 570 g/mol. The SMILES string of the molecule is CCCCCCc1cc(-c2cc3sc(C=O)cc3s2)sc1C1=C2C=CC=CC2N(CCCC)c2ccccc21. The minimum absolute atomic E-state index is 0.277. The van der Waals surface area contributed by atoms with Crippen LogP contribution in [0.3, 0.4) is 0 Å². The quantitative estimate of drug-likeness (QED) is 0.132. The lowest BCUT2D eigenvalue weighted by Crippen LogP contribution is -2.40. The summed E-state index contributed by atoms with van der Waals surface area (Å²) < 4.78 is 2.43. The van der Waals surface area contributed by atoms with E-state index in [-0.39, 0.29) is 6.04 Å². The molecule has 39 heavy (non-hydrogen) atoms. The number of nitrogens with zero attached hydrogens (tertiary/aromatic N) is 1. The first-order chi connectivity index (χ1) is 19.2. The molecule has 200 valence electrons. The second-order valence-corrected chi connectivity index (χ2v) is 13.7. The van der Waals surface area contributed by atoms with Crippen LogP contribution in [-0.4, -0.2) is 18.9 Å². The molecule has 0 spiro atoms. The van der Waals surface area contributed by atoms with Crippen LogP contribution in [-0.2, 0) is 6.42 Å². The smallest absolute Gasteiger partial charge is 0.160 e. The Hall–Kier alpha value is -2.73. The number of para-hydroxylation sites is 1. The van der Waals surface area contributed by atoms with Gasteiger partial charge in [0, 0.05) is 47.4 Å². The summed E-state index contributed by atoms with van der Waals surface area (Å²) in [5.41, 5.74) is 7.06. The molecule has 4 aromatic rings. The number of aldehydes is 1. The van der Waals surface area contributed by atoms with Gasteiger partial charge in [-0.3, -0.25) is 4.79 Å². The molecule has 1 aliphatic heterocycles. The summed E-state index contributed by atoms with van der Waals surface area (Å²) in [7, 11) is 0. The van der Waals surface area contributed by atoms with Crippen molar-refractivity contribution in [2.45, 2.75) is 64.8 Å². The Morgan fingerprint density at radius 2 is 1.69 bits per heavy atom. The van der Waals surface area contributed by atoms with E-state index in [1.165, 1.54) is 90.5 Å². The highest BCUT2D eigenvalue weighted by atomic mass is 32.1. The Labute approximate surface area is 244 Å². The number of rotatable bonds is 11. The summed E-state index contributed by atoms with van der Waals surface area (Å²) in [4.78, 5) is 18.8. The molecule has 2 nitrogen and oxygen atoms in total. The van der Waals surface area contributed by atoms with Crippen molar-refractivity contribution in [3.63, 3.8) is 0 Å². The van der Waals surface area contributed by atoms with Gasteiger partial charge in [0.2, 0.25) is 0 Å².